The summed E-state index contributed by atoms with van der Waals surface area (Å²) in [5, 5.41) is 9.57. The number of benzene rings is 1. The van der Waals surface area contributed by atoms with Gasteiger partial charge in [-0.3, -0.25) is 4.79 Å². The number of ether oxygens (including phenoxy) is 1. The zero-order valence-corrected chi connectivity index (χ0v) is 11.7. The number of nitrogens with zero attached hydrogens (tertiary/aromatic N) is 1. The Bertz CT molecular complexity index is 595. The fraction of sp³-hybridized carbons (Fsp3) is 0.286. The highest BCUT2D eigenvalue weighted by Crippen LogP contribution is 2.22. The first-order chi connectivity index (χ1) is 9.58. The number of aliphatic carboxylic acids is 1. The SMILES string of the molecule is CCc1nc(COc2ccc(F)cc2)sc1CC(=O)O. The third-order valence-electron chi connectivity index (χ3n) is 2.65. The van der Waals surface area contributed by atoms with Gasteiger partial charge in [0.25, 0.3) is 0 Å². The Morgan fingerprint density at radius 3 is 2.70 bits per heavy atom. The van der Waals surface area contributed by atoms with Crippen LogP contribution in [-0.2, 0) is 24.2 Å². The molecule has 0 spiro atoms. The lowest BCUT2D eigenvalue weighted by Gasteiger charge is -2.02. The van der Waals surface area contributed by atoms with Crippen molar-refractivity contribution >= 4 is 17.3 Å². The van der Waals surface area contributed by atoms with E-state index in [9.17, 15) is 9.18 Å². The third-order valence-corrected chi connectivity index (χ3v) is 3.72. The van der Waals surface area contributed by atoms with Gasteiger partial charge < -0.3 is 9.84 Å². The molecule has 1 heterocycles. The summed E-state index contributed by atoms with van der Waals surface area (Å²) in [6, 6.07) is 5.73. The van der Waals surface area contributed by atoms with Crippen LogP contribution in [0.2, 0.25) is 0 Å². The van der Waals surface area contributed by atoms with Crippen LogP contribution in [0.15, 0.2) is 24.3 Å². The number of hydrogen-bond acceptors (Lipinski definition) is 4. The number of carbonyl (C=O) groups is 1. The molecule has 0 amide bonds. The molecule has 0 aliphatic heterocycles. The molecule has 2 aromatic rings. The van der Waals surface area contributed by atoms with Gasteiger partial charge >= 0.3 is 5.97 Å². The Kier molecular flexibility index (Phi) is 4.68. The highest BCUT2D eigenvalue weighted by atomic mass is 32.1. The number of aryl methyl sites for hydroxylation is 1. The van der Waals surface area contributed by atoms with Crippen molar-refractivity contribution in [3.05, 3.63) is 45.7 Å². The number of hydrogen-bond donors (Lipinski definition) is 1. The molecule has 106 valence electrons. The number of carboxylic acids is 1. The Labute approximate surface area is 119 Å². The molecule has 0 radical (unpaired) electrons. The minimum atomic E-state index is -0.866. The van der Waals surface area contributed by atoms with Crippen LogP contribution in [0.4, 0.5) is 4.39 Å². The quantitative estimate of drug-likeness (QED) is 0.890. The van der Waals surface area contributed by atoms with E-state index in [0.29, 0.717) is 12.2 Å². The zero-order valence-electron chi connectivity index (χ0n) is 10.9. The van der Waals surface area contributed by atoms with E-state index in [1.807, 2.05) is 6.92 Å². The van der Waals surface area contributed by atoms with Crippen LogP contribution in [0.25, 0.3) is 0 Å². The molecule has 1 aromatic carbocycles. The summed E-state index contributed by atoms with van der Waals surface area (Å²) in [5.74, 6) is -0.627. The van der Waals surface area contributed by atoms with Gasteiger partial charge in [-0.15, -0.1) is 11.3 Å². The first-order valence-electron chi connectivity index (χ1n) is 6.16. The second-order valence-corrected chi connectivity index (χ2v) is 5.31. The third kappa shape index (κ3) is 3.77. The molecular formula is C14H14FNO3S. The van der Waals surface area contributed by atoms with Crippen molar-refractivity contribution < 1.29 is 19.0 Å². The molecule has 0 saturated carbocycles. The lowest BCUT2D eigenvalue weighted by Crippen LogP contribution is -2.00. The molecule has 0 saturated heterocycles. The van der Waals surface area contributed by atoms with Gasteiger partial charge in [-0.05, 0) is 30.7 Å². The standard InChI is InChI=1S/C14H14FNO3S/c1-2-11-12(7-14(17)18)20-13(16-11)8-19-10-5-3-9(15)4-6-10/h3-6H,2,7-8H2,1H3,(H,17,18). The van der Waals surface area contributed by atoms with E-state index in [2.05, 4.69) is 4.98 Å². The van der Waals surface area contributed by atoms with Gasteiger partial charge in [0, 0.05) is 4.88 Å². The molecule has 1 N–H and O–H groups in total. The fourth-order valence-electron chi connectivity index (χ4n) is 1.73. The second kappa shape index (κ2) is 6.47. The maximum absolute atomic E-state index is 12.8. The smallest absolute Gasteiger partial charge is 0.308 e. The van der Waals surface area contributed by atoms with Crippen molar-refractivity contribution in [1.82, 2.24) is 4.98 Å². The summed E-state index contributed by atoms with van der Waals surface area (Å²) in [6.45, 7) is 2.19. The molecular weight excluding hydrogens is 281 g/mol. The highest BCUT2D eigenvalue weighted by molar-refractivity contribution is 7.11. The summed E-state index contributed by atoms with van der Waals surface area (Å²) < 4.78 is 18.3. The lowest BCUT2D eigenvalue weighted by molar-refractivity contribution is -0.136. The summed E-state index contributed by atoms with van der Waals surface area (Å²) in [5.41, 5.74) is 0.801. The minimum Gasteiger partial charge on any atom is -0.486 e. The number of thiazole rings is 1. The van der Waals surface area contributed by atoms with Crippen LogP contribution in [0, 0.1) is 5.82 Å². The van der Waals surface area contributed by atoms with E-state index < -0.39 is 5.97 Å². The lowest BCUT2D eigenvalue weighted by atomic mass is 10.2. The predicted molar refractivity (Wildman–Crippen MR) is 73.6 cm³/mol. The summed E-state index contributed by atoms with van der Waals surface area (Å²) >= 11 is 1.34. The molecule has 0 unspecified atom stereocenters. The van der Waals surface area contributed by atoms with E-state index in [-0.39, 0.29) is 18.8 Å². The number of carboxylic acid groups (broad SMARTS) is 1. The van der Waals surface area contributed by atoms with E-state index in [4.69, 9.17) is 9.84 Å². The Morgan fingerprint density at radius 1 is 1.40 bits per heavy atom. The van der Waals surface area contributed by atoms with E-state index in [0.717, 1.165) is 15.6 Å². The van der Waals surface area contributed by atoms with E-state index in [1.54, 1.807) is 12.1 Å². The molecule has 0 aliphatic rings. The monoisotopic (exact) mass is 295 g/mol. The van der Waals surface area contributed by atoms with Crippen molar-refractivity contribution in [2.45, 2.75) is 26.4 Å². The van der Waals surface area contributed by atoms with Crippen molar-refractivity contribution in [3.63, 3.8) is 0 Å². The first kappa shape index (κ1) is 14.5. The van der Waals surface area contributed by atoms with Gasteiger partial charge in [-0.2, -0.15) is 0 Å². The van der Waals surface area contributed by atoms with Crippen molar-refractivity contribution in [1.29, 1.82) is 0 Å². The van der Waals surface area contributed by atoms with Gasteiger partial charge in [-0.1, -0.05) is 6.92 Å². The van der Waals surface area contributed by atoms with Crippen LogP contribution < -0.4 is 4.74 Å². The molecule has 0 aliphatic carbocycles. The molecule has 0 bridgehead atoms. The van der Waals surface area contributed by atoms with Gasteiger partial charge in [-0.25, -0.2) is 9.37 Å². The normalized spacial score (nSPS) is 10.5. The Balaban J connectivity index is 2.04. The summed E-state index contributed by atoms with van der Waals surface area (Å²) in [4.78, 5) is 15.9. The van der Waals surface area contributed by atoms with E-state index >= 15 is 0 Å². The fourth-order valence-corrected chi connectivity index (χ4v) is 2.79. The van der Waals surface area contributed by atoms with Crippen LogP contribution >= 0.6 is 11.3 Å². The Morgan fingerprint density at radius 2 is 2.10 bits per heavy atom. The molecule has 6 heteroatoms. The highest BCUT2D eigenvalue weighted by Gasteiger charge is 2.13. The molecule has 4 nitrogen and oxygen atoms in total. The van der Waals surface area contributed by atoms with Gasteiger partial charge in [0.1, 0.15) is 23.2 Å². The van der Waals surface area contributed by atoms with Crippen molar-refractivity contribution in [2.75, 3.05) is 0 Å². The predicted octanol–water partition coefficient (Wildman–Crippen LogP) is 3.05. The van der Waals surface area contributed by atoms with Crippen molar-refractivity contribution in [3.8, 4) is 5.75 Å². The maximum atomic E-state index is 12.8. The minimum absolute atomic E-state index is 0.0165. The van der Waals surface area contributed by atoms with Crippen LogP contribution in [0.3, 0.4) is 0 Å². The summed E-state index contributed by atoms with van der Waals surface area (Å²) in [7, 11) is 0. The number of rotatable bonds is 6. The molecule has 0 fully saturated rings. The molecule has 1 aromatic heterocycles. The van der Waals surface area contributed by atoms with Crippen LogP contribution in [0.5, 0.6) is 5.75 Å². The average molecular weight is 295 g/mol. The second-order valence-electron chi connectivity index (χ2n) is 4.14. The number of aromatic nitrogens is 1. The number of halogens is 1. The largest absolute Gasteiger partial charge is 0.486 e. The van der Waals surface area contributed by atoms with Gasteiger partial charge in [0.2, 0.25) is 0 Å². The van der Waals surface area contributed by atoms with Gasteiger partial charge in [0.05, 0.1) is 12.1 Å². The average Bonchev–Trinajstić information content (AvgIpc) is 2.79. The molecule has 2 rings (SSSR count). The van der Waals surface area contributed by atoms with Crippen LogP contribution in [-0.4, -0.2) is 16.1 Å². The Hall–Kier alpha value is -1.95. The summed E-state index contributed by atoms with van der Waals surface area (Å²) in [6.07, 6.45) is 0.674. The molecule has 20 heavy (non-hydrogen) atoms. The van der Waals surface area contributed by atoms with Crippen molar-refractivity contribution in [2.24, 2.45) is 0 Å². The molecule has 0 atom stereocenters. The topological polar surface area (TPSA) is 59.4 Å². The first-order valence-corrected chi connectivity index (χ1v) is 6.97. The zero-order chi connectivity index (χ0) is 14.5. The van der Waals surface area contributed by atoms with Crippen LogP contribution in [0.1, 0.15) is 22.5 Å². The van der Waals surface area contributed by atoms with Gasteiger partial charge in [0.15, 0.2) is 0 Å². The van der Waals surface area contributed by atoms with E-state index in [1.165, 1.54) is 23.5 Å². The maximum Gasteiger partial charge on any atom is 0.308 e.